The van der Waals surface area contributed by atoms with Crippen molar-refractivity contribution in [3.05, 3.63) is 47.5 Å². The molecule has 0 saturated carbocycles. The monoisotopic (exact) mass is 298 g/mol. The molecule has 0 aromatic heterocycles. The van der Waals surface area contributed by atoms with E-state index in [9.17, 15) is 0 Å². The summed E-state index contributed by atoms with van der Waals surface area (Å²) in [6.45, 7) is 4.14. The Morgan fingerprint density at radius 3 is 1.27 bits per heavy atom. The van der Waals surface area contributed by atoms with Gasteiger partial charge < -0.3 is 11.5 Å². The van der Waals surface area contributed by atoms with Crippen LogP contribution in [0.4, 0.5) is 11.4 Å². The van der Waals surface area contributed by atoms with E-state index in [0.29, 0.717) is 0 Å². The van der Waals surface area contributed by atoms with Crippen molar-refractivity contribution in [3.8, 4) is 11.1 Å². The van der Waals surface area contributed by atoms with E-state index in [1.54, 1.807) is 0 Å². The SMILES string of the molecule is Cc1cc(N)ccc1-c1ccc(N)cc1C.N=C=O.N=C=O. The van der Waals surface area contributed by atoms with Crippen LogP contribution in [0.25, 0.3) is 11.1 Å². The summed E-state index contributed by atoms with van der Waals surface area (Å²) in [4.78, 5) is 16.7. The predicted octanol–water partition coefficient (Wildman–Crippen LogP) is 2.94. The number of hydrogen-bond donors (Lipinski definition) is 4. The van der Waals surface area contributed by atoms with Gasteiger partial charge in [0.25, 0.3) is 0 Å². The molecule has 2 aromatic rings. The van der Waals surface area contributed by atoms with Crippen LogP contribution >= 0.6 is 0 Å². The van der Waals surface area contributed by atoms with Crippen LogP contribution in [0.1, 0.15) is 11.1 Å². The van der Waals surface area contributed by atoms with Gasteiger partial charge in [-0.3, -0.25) is 0 Å². The predicted molar refractivity (Wildman–Crippen MR) is 87.0 cm³/mol. The third-order valence-corrected chi connectivity index (χ3v) is 2.79. The molecule has 0 saturated heterocycles. The maximum atomic E-state index is 8.35. The fraction of sp³-hybridized carbons (Fsp3) is 0.125. The number of aryl methyl sites for hydroxylation is 2. The van der Waals surface area contributed by atoms with Gasteiger partial charge in [0.05, 0.1) is 0 Å². The molecule has 6 nitrogen and oxygen atoms in total. The highest BCUT2D eigenvalue weighted by molar-refractivity contribution is 5.73. The van der Waals surface area contributed by atoms with Crippen LogP contribution in [0.15, 0.2) is 36.4 Å². The molecule has 0 aliphatic rings. The Hall–Kier alpha value is -3.20. The minimum absolute atomic E-state index is 0.750. The zero-order valence-corrected chi connectivity index (χ0v) is 12.4. The zero-order chi connectivity index (χ0) is 17.1. The molecule has 114 valence electrons. The van der Waals surface area contributed by atoms with Crippen molar-refractivity contribution < 1.29 is 9.59 Å². The highest BCUT2D eigenvalue weighted by atomic mass is 16.1. The van der Waals surface area contributed by atoms with Gasteiger partial charge in [-0.2, -0.15) is 0 Å². The Bertz CT molecular complexity index is 638. The molecule has 0 atom stereocenters. The quantitative estimate of drug-likeness (QED) is 0.366. The molecular formula is C16H18N4O2. The van der Waals surface area contributed by atoms with Gasteiger partial charge in [-0.1, -0.05) is 12.1 Å². The lowest BCUT2D eigenvalue weighted by atomic mass is 9.96. The summed E-state index contributed by atoms with van der Waals surface area (Å²) in [5.41, 5.74) is 17.9. The Labute approximate surface area is 128 Å². The number of hydrogen-bond acceptors (Lipinski definition) is 6. The molecule has 0 aliphatic carbocycles. The molecule has 2 aromatic carbocycles. The van der Waals surface area contributed by atoms with Crippen molar-refractivity contribution in [1.29, 1.82) is 10.8 Å². The maximum absolute atomic E-state index is 8.35. The first-order valence-electron chi connectivity index (χ1n) is 6.21. The van der Waals surface area contributed by atoms with E-state index in [0.717, 1.165) is 23.5 Å². The van der Waals surface area contributed by atoms with Crippen LogP contribution in [0.2, 0.25) is 0 Å². The third-order valence-electron chi connectivity index (χ3n) is 2.79. The molecule has 2 rings (SSSR count). The highest BCUT2D eigenvalue weighted by Crippen LogP contribution is 2.28. The summed E-state index contributed by atoms with van der Waals surface area (Å²) >= 11 is 0. The summed E-state index contributed by atoms with van der Waals surface area (Å²) in [6.07, 6.45) is 1.50. The lowest BCUT2D eigenvalue weighted by Gasteiger charge is -2.10. The van der Waals surface area contributed by atoms with Gasteiger partial charge in [-0.25, -0.2) is 20.4 Å². The smallest absolute Gasteiger partial charge is 0.231 e. The summed E-state index contributed by atoms with van der Waals surface area (Å²) in [7, 11) is 0. The van der Waals surface area contributed by atoms with Gasteiger partial charge in [-0.15, -0.1) is 0 Å². The van der Waals surface area contributed by atoms with Gasteiger partial charge in [0.2, 0.25) is 12.2 Å². The van der Waals surface area contributed by atoms with Gasteiger partial charge in [0, 0.05) is 11.4 Å². The van der Waals surface area contributed by atoms with Crippen LogP contribution in [-0.4, -0.2) is 12.2 Å². The molecule has 0 radical (unpaired) electrons. The lowest BCUT2D eigenvalue weighted by Crippen LogP contribution is -1.92. The molecular weight excluding hydrogens is 280 g/mol. The number of anilines is 2. The van der Waals surface area contributed by atoms with Gasteiger partial charge in [0.1, 0.15) is 0 Å². The molecule has 0 amide bonds. The first-order chi connectivity index (χ1) is 10.4. The molecule has 6 N–H and O–H groups in total. The van der Waals surface area contributed by atoms with E-state index < -0.39 is 0 Å². The molecule has 0 fully saturated rings. The maximum Gasteiger partial charge on any atom is 0.231 e. The van der Waals surface area contributed by atoms with Crippen molar-refractivity contribution >= 4 is 23.5 Å². The average molecular weight is 298 g/mol. The van der Waals surface area contributed by atoms with E-state index in [1.165, 1.54) is 22.3 Å². The molecule has 0 spiro atoms. The first-order valence-corrected chi connectivity index (χ1v) is 6.21. The van der Waals surface area contributed by atoms with Crippen LogP contribution < -0.4 is 11.5 Å². The molecule has 0 bridgehead atoms. The van der Waals surface area contributed by atoms with Gasteiger partial charge in [-0.05, 0) is 60.4 Å². The van der Waals surface area contributed by atoms with Crippen LogP contribution in [-0.2, 0) is 9.59 Å². The number of benzene rings is 2. The second-order valence-corrected chi connectivity index (χ2v) is 4.35. The number of nitrogens with two attached hydrogens (primary N) is 2. The number of nitrogens with one attached hydrogen (secondary N) is 2. The topological polar surface area (TPSA) is 134 Å². The molecule has 0 unspecified atom stereocenters. The van der Waals surface area contributed by atoms with E-state index >= 15 is 0 Å². The Morgan fingerprint density at radius 2 is 1.05 bits per heavy atom. The Balaban J connectivity index is 0.000000639. The van der Waals surface area contributed by atoms with Crippen molar-refractivity contribution in [1.82, 2.24) is 0 Å². The van der Waals surface area contributed by atoms with Crippen molar-refractivity contribution in [2.75, 3.05) is 11.5 Å². The molecule has 0 aliphatic heterocycles. The summed E-state index contributed by atoms with van der Waals surface area (Å²) < 4.78 is 0. The summed E-state index contributed by atoms with van der Waals surface area (Å²) in [6, 6.07) is 12.0. The van der Waals surface area contributed by atoms with Crippen molar-refractivity contribution in [2.45, 2.75) is 13.8 Å². The summed E-state index contributed by atoms with van der Waals surface area (Å²) in [5.74, 6) is 0. The lowest BCUT2D eigenvalue weighted by molar-refractivity contribution is 0.562. The highest BCUT2D eigenvalue weighted by Gasteiger charge is 2.05. The standard InChI is InChI=1S/C14H16N2.2CHNO/c1-9-7-11(15)3-5-13(9)14-6-4-12(16)8-10(14)2;2*2-1-3/h3-8H,15-16H2,1-2H3;2*2H. The number of carbonyl (C=O) groups excluding carboxylic acids is 2. The minimum atomic E-state index is 0.750. The first kappa shape index (κ1) is 18.8. The molecule has 22 heavy (non-hydrogen) atoms. The normalized spacial score (nSPS) is 8.27. The fourth-order valence-electron chi connectivity index (χ4n) is 1.98. The Kier molecular flexibility index (Phi) is 8.26. The number of nitrogen functional groups attached to an aromatic ring is 2. The van der Waals surface area contributed by atoms with E-state index in [-0.39, 0.29) is 0 Å². The average Bonchev–Trinajstić information content (AvgIpc) is 2.42. The van der Waals surface area contributed by atoms with E-state index in [1.807, 2.05) is 24.3 Å². The largest absolute Gasteiger partial charge is 0.399 e. The molecule has 6 heteroatoms. The number of isocyanates is 2. The fourth-order valence-corrected chi connectivity index (χ4v) is 1.98. The third kappa shape index (κ3) is 5.84. The van der Waals surface area contributed by atoms with E-state index in [4.69, 9.17) is 31.9 Å². The summed E-state index contributed by atoms with van der Waals surface area (Å²) in [5, 5.41) is 10.8. The van der Waals surface area contributed by atoms with Crippen LogP contribution in [0, 0.1) is 24.7 Å². The Morgan fingerprint density at radius 1 is 0.773 bits per heavy atom. The number of rotatable bonds is 1. The van der Waals surface area contributed by atoms with Crippen LogP contribution in [0.5, 0.6) is 0 Å². The van der Waals surface area contributed by atoms with Gasteiger partial charge in [0.15, 0.2) is 0 Å². The van der Waals surface area contributed by atoms with Crippen LogP contribution in [0.3, 0.4) is 0 Å². The zero-order valence-electron chi connectivity index (χ0n) is 12.4. The second kappa shape index (κ2) is 9.66. The van der Waals surface area contributed by atoms with E-state index in [2.05, 4.69) is 26.0 Å². The molecule has 0 heterocycles. The minimum Gasteiger partial charge on any atom is -0.399 e. The van der Waals surface area contributed by atoms with Gasteiger partial charge >= 0.3 is 0 Å². The van der Waals surface area contributed by atoms with Crippen molar-refractivity contribution in [3.63, 3.8) is 0 Å². The second-order valence-electron chi connectivity index (χ2n) is 4.35. The van der Waals surface area contributed by atoms with Crippen molar-refractivity contribution in [2.24, 2.45) is 0 Å².